The van der Waals surface area contributed by atoms with Crippen molar-refractivity contribution in [2.75, 3.05) is 6.54 Å². The maximum atomic E-state index is 13.5. The van der Waals surface area contributed by atoms with E-state index in [1.165, 1.54) is 41.4 Å². The Balaban J connectivity index is 1.55. The standard InChI is InChI=1S/C24H27N3O4S2/c28-21(15-25-23(29)19-10-4-12-31-19)27(16-18-9-5-13-32-18)22(20-11-6-14-33-20)24(30)26-17-7-2-1-3-8-17/h4-6,9-14,17,22H,1-3,7-8,15-16H2,(H,25,29)(H,26,30)/t22-/m1/s1. The molecule has 0 spiro atoms. The highest BCUT2D eigenvalue weighted by Gasteiger charge is 2.34. The highest BCUT2D eigenvalue weighted by atomic mass is 32.1. The summed E-state index contributed by atoms with van der Waals surface area (Å²) in [6, 6.07) is 10.1. The van der Waals surface area contributed by atoms with Gasteiger partial charge in [0.05, 0.1) is 19.4 Å². The van der Waals surface area contributed by atoms with Gasteiger partial charge in [-0.1, -0.05) is 31.4 Å². The lowest BCUT2D eigenvalue weighted by atomic mass is 9.95. The normalized spacial score (nSPS) is 15.0. The Hall–Kier alpha value is -2.91. The van der Waals surface area contributed by atoms with Crippen molar-refractivity contribution in [2.45, 2.75) is 50.7 Å². The molecule has 33 heavy (non-hydrogen) atoms. The van der Waals surface area contributed by atoms with Gasteiger partial charge in [0.25, 0.3) is 5.91 Å². The van der Waals surface area contributed by atoms with Crippen LogP contribution in [-0.2, 0) is 16.1 Å². The van der Waals surface area contributed by atoms with Crippen LogP contribution < -0.4 is 10.6 Å². The van der Waals surface area contributed by atoms with Crippen LogP contribution in [0, 0.1) is 0 Å². The highest BCUT2D eigenvalue weighted by Crippen LogP contribution is 2.29. The molecule has 174 valence electrons. The van der Waals surface area contributed by atoms with E-state index in [-0.39, 0.29) is 36.7 Å². The topological polar surface area (TPSA) is 91.7 Å². The Labute approximate surface area is 200 Å². The number of rotatable bonds is 9. The van der Waals surface area contributed by atoms with Crippen molar-refractivity contribution in [3.8, 4) is 0 Å². The van der Waals surface area contributed by atoms with E-state index in [4.69, 9.17) is 4.42 Å². The molecule has 1 aliphatic carbocycles. The number of nitrogens with zero attached hydrogens (tertiary/aromatic N) is 1. The number of furan rings is 1. The van der Waals surface area contributed by atoms with E-state index < -0.39 is 11.9 Å². The summed E-state index contributed by atoms with van der Waals surface area (Å²) in [4.78, 5) is 42.5. The zero-order chi connectivity index (χ0) is 23.0. The number of nitrogens with one attached hydrogen (secondary N) is 2. The molecule has 3 aromatic rings. The summed E-state index contributed by atoms with van der Waals surface area (Å²) in [7, 11) is 0. The smallest absolute Gasteiger partial charge is 0.287 e. The second kappa shape index (κ2) is 11.3. The van der Waals surface area contributed by atoms with Crippen molar-refractivity contribution in [1.29, 1.82) is 0 Å². The molecule has 0 aromatic carbocycles. The first-order valence-corrected chi connectivity index (χ1v) is 12.8. The van der Waals surface area contributed by atoms with Crippen LogP contribution >= 0.6 is 22.7 Å². The Morgan fingerprint density at radius 3 is 2.48 bits per heavy atom. The van der Waals surface area contributed by atoms with Crippen LogP contribution in [0.3, 0.4) is 0 Å². The summed E-state index contributed by atoms with van der Waals surface area (Å²) in [6.45, 7) is 0.0528. The number of thiophene rings is 2. The van der Waals surface area contributed by atoms with Gasteiger partial charge in [-0.3, -0.25) is 14.4 Å². The Morgan fingerprint density at radius 2 is 1.82 bits per heavy atom. The van der Waals surface area contributed by atoms with Crippen molar-refractivity contribution in [1.82, 2.24) is 15.5 Å². The molecule has 1 atom stereocenters. The summed E-state index contributed by atoms with van der Waals surface area (Å²) in [5, 5.41) is 9.65. The molecular formula is C24H27N3O4S2. The molecule has 4 rings (SSSR count). The Bertz CT molecular complexity index is 1030. The van der Waals surface area contributed by atoms with Gasteiger partial charge in [-0.05, 0) is 47.9 Å². The zero-order valence-electron chi connectivity index (χ0n) is 18.2. The quantitative estimate of drug-likeness (QED) is 0.471. The average molecular weight is 486 g/mol. The van der Waals surface area contributed by atoms with Crippen LogP contribution in [0.25, 0.3) is 0 Å². The number of carbonyl (C=O) groups is 3. The lowest BCUT2D eigenvalue weighted by molar-refractivity contribution is -0.141. The highest BCUT2D eigenvalue weighted by molar-refractivity contribution is 7.10. The first-order valence-electron chi connectivity index (χ1n) is 11.1. The second-order valence-corrected chi connectivity index (χ2v) is 10.0. The first-order chi connectivity index (χ1) is 16.1. The molecule has 1 aliphatic rings. The van der Waals surface area contributed by atoms with Crippen molar-refractivity contribution >= 4 is 40.4 Å². The molecule has 0 saturated heterocycles. The molecule has 9 heteroatoms. The van der Waals surface area contributed by atoms with Crippen molar-refractivity contribution in [2.24, 2.45) is 0 Å². The molecule has 0 aliphatic heterocycles. The van der Waals surface area contributed by atoms with Gasteiger partial charge in [0.2, 0.25) is 11.8 Å². The minimum atomic E-state index is -0.762. The van der Waals surface area contributed by atoms with E-state index in [0.29, 0.717) is 0 Å². The maximum Gasteiger partial charge on any atom is 0.287 e. The molecule has 3 aromatic heterocycles. The SMILES string of the molecule is O=C(NCC(=O)N(Cc1cccs1)[C@@H](C(=O)NC1CCCCC1)c1cccs1)c1ccco1. The van der Waals surface area contributed by atoms with Gasteiger partial charge in [0.1, 0.15) is 6.04 Å². The minimum absolute atomic E-state index is 0.131. The van der Waals surface area contributed by atoms with E-state index in [1.54, 1.807) is 11.0 Å². The second-order valence-electron chi connectivity index (χ2n) is 8.02. The van der Waals surface area contributed by atoms with Gasteiger partial charge in [0, 0.05) is 15.8 Å². The molecular weight excluding hydrogens is 458 g/mol. The molecule has 0 radical (unpaired) electrons. The van der Waals surface area contributed by atoms with E-state index in [2.05, 4.69) is 10.6 Å². The molecule has 3 amide bonds. The molecule has 1 fully saturated rings. The Morgan fingerprint density at radius 1 is 1.03 bits per heavy atom. The number of carbonyl (C=O) groups excluding carboxylic acids is 3. The van der Waals surface area contributed by atoms with Gasteiger partial charge in [-0.2, -0.15) is 0 Å². The molecule has 0 unspecified atom stereocenters. The third kappa shape index (κ3) is 6.11. The van der Waals surface area contributed by atoms with Gasteiger partial charge >= 0.3 is 0 Å². The third-order valence-corrected chi connectivity index (χ3v) is 7.48. The molecule has 3 heterocycles. The van der Waals surface area contributed by atoms with E-state index in [0.717, 1.165) is 35.4 Å². The van der Waals surface area contributed by atoms with Crippen LogP contribution in [-0.4, -0.2) is 35.2 Å². The fourth-order valence-electron chi connectivity index (χ4n) is 4.04. The molecule has 2 N–H and O–H groups in total. The molecule has 7 nitrogen and oxygen atoms in total. The van der Waals surface area contributed by atoms with Gasteiger partial charge in [-0.25, -0.2) is 0 Å². The van der Waals surface area contributed by atoms with E-state index in [9.17, 15) is 14.4 Å². The lowest BCUT2D eigenvalue weighted by Crippen LogP contribution is -2.48. The number of amides is 3. The Kier molecular flexibility index (Phi) is 7.96. The van der Waals surface area contributed by atoms with Gasteiger partial charge in [0.15, 0.2) is 5.76 Å². The molecule has 0 bridgehead atoms. The number of hydrogen-bond acceptors (Lipinski definition) is 6. The summed E-state index contributed by atoms with van der Waals surface area (Å²) >= 11 is 2.98. The predicted molar refractivity (Wildman–Crippen MR) is 128 cm³/mol. The summed E-state index contributed by atoms with van der Waals surface area (Å²) in [5.74, 6) is -0.840. The lowest BCUT2D eigenvalue weighted by Gasteiger charge is -2.32. The summed E-state index contributed by atoms with van der Waals surface area (Å²) < 4.78 is 5.10. The van der Waals surface area contributed by atoms with Gasteiger partial charge in [-0.15, -0.1) is 22.7 Å². The van der Waals surface area contributed by atoms with Crippen molar-refractivity contribution < 1.29 is 18.8 Å². The van der Waals surface area contributed by atoms with Gasteiger partial charge < -0.3 is 20.0 Å². The summed E-state index contributed by atoms with van der Waals surface area (Å²) in [5.41, 5.74) is 0. The van der Waals surface area contributed by atoms with Crippen LogP contribution in [0.1, 0.15) is 58.5 Å². The summed E-state index contributed by atoms with van der Waals surface area (Å²) in [6.07, 6.45) is 6.72. The third-order valence-electron chi connectivity index (χ3n) is 5.70. The number of hydrogen-bond donors (Lipinski definition) is 2. The van der Waals surface area contributed by atoms with E-state index in [1.807, 2.05) is 35.0 Å². The van der Waals surface area contributed by atoms with Crippen LogP contribution in [0.15, 0.2) is 57.8 Å². The monoisotopic (exact) mass is 485 g/mol. The first kappa shape index (κ1) is 23.3. The maximum absolute atomic E-state index is 13.5. The predicted octanol–water partition coefficient (Wildman–Crippen LogP) is 4.35. The van der Waals surface area contributed by atoms with E-state index >= 15 is 0 Å². The average Bonchev–Trinajstić information content (AvgIpc) is 3.61. The molecule has 1 saturated carbocycles. The largest absolute Gasteiger partial charge is 0.459 e. The van der Waals surface area contributed by atoms with Crippen molar-refractivity contribution in [3.63, 3.8) is 0 Å². The fourth-order valence-corrected chi connectivity index (χ4v) is 5.58. The van der Waals surface area contributed by atoms with Crippen LogP contribution in [0.5, 0.6) is 0 Å². The minimum Gasteiger partial charge on any atom is -0.459 e. The fraction of sp³-hybridized carbons (Fsp3) is 0.375. The van der Waals surface area contributed by atoms with Crippen LogP contribution in [0.4, 0.5) is 0 Å². The van der Waals surface area contributed by atoms with Crippen molar-refractivity contribution in [3.05, 3.63) is 68.9 Å². The van der Waals surface area contributed by atoms with Crippen LogP contribution in [0.2, 0.25) is 0 Å². The zero-order valence-corrected chi connectivity index (χ0v) is 19.8.